The number of carbonyl (C=O) groups excluding carboxylic acids is 1. The number of aryl methyl sites for hydroxylation is 1. The summed E-state index contributed by atoms with van der Waals surface area (Å²) >= 11 is 0. The number of nitrogens with one attached hydrogen (secondary N) is 2. The van der Waals surface area contributed by atoms with Crippen LogP contribution in [0.4, 0.5) is 13.2 Å². The summed E-state index contributed by atoms with van der Waals surface area (Å²) in [4.78, 5) is 22.2. The number of aromatic amines is 1. The monoisotopic (exact) mass is 472 g/mol. The fraction of sp³-hybridized carbons (Fsp3) is 0.360. The zero-order chi connectivity index (χ0) is 24.5. The van der Waals surface area contributed by atoms with E-state index in [0.717, 1.165) is 23.5 Å². The van der Waals surface area contributed by atoms with E-state index in [9.17, 15) is 18.0 Å². The number of ether oxygens (including phenoxy) is 1. The molecule has 1 saturated heterocycles. The Bertz CT molecular complexity index is 1160. The maximum absolute atomic E-state index is 12.9. The summed E-state index contributed by atoms with van der Waals surface area (Å²) in [5, 5.41) is 2.91. The molecule has 1 unspecified atom stereocenters. The van der Waals surface area contributed by atoms with Crippen LogP contribution in [0.15, 0.2) is 48.7 Å². The van der Waals surface area contributed by atoms with Crippen LogP contribution in [-0.4, -0.2) is 47.3 Å². The van der Waals surface area contributed by atoms with Crippen LogP contribution in [0.3, 0.4) is 0 Å². The van der Waals surface area contributed by atoms with Crippen LogP contribution in [0.2, 0.25) is 0 Å². The van der Waals surface area contributed by atoms with Crippen molar-refractivity contribution in [2.45, 2.75) is 32.7 Å². The van der Waals surface area contributed by atoms with Crippen molar-refractivity contribution in [3.8, 4) is 28.1 Å². The summed E-state index contributed by atoms with van der Waals surface area (Å²) in [6, 6.07) is 11.8. The number of imidazole rings is 1. The highest BCUT2D eigenvalue weighted by atomic mass is 19.4. The molecule has 1 fully saturated rings. The number of hydrogen-bond acceptors (Lipinski definition) is 4. The molecule has 2 heterocycles. The van der Waals surface area contributed by atoms with E-state index in [1.54, 1.807) is 44.4 Å². The highest BCUT2D eigenvalue weighted by Crippen LogP contribution is 2.37. The first-order valence-corrected chi connectivity index (χ1v) is 11.1. The Morgan fingerprint density at radius 1 is 1.21 bits per heavy atom. The molecule has 2 atom stereocenters. The minimum atomic E-state index is -4.77. The van der Waals surface area contributed by atoms with Gasteiger partial charge >= 0.3 is 6.36 Å². The summed E-state index contributed by atoms with van der Waals surface area (Å²) in [7, 11) is 1.75. The first-order chi connectivity index (χ1) is 16.1. The Balaban J connectivity index is 1.57. The largest absolute Gasteiger partial charge is 0.573 e. The molecule has 0 bridgehead atoms. The van der Waals surface area contributed by atoms with E-state index in [2.05, 4.69) is 26.9 Å². The van der Waals surface area contributed by atoms with Gasteiger partial charge in [-0.15, -0.1) is 13.2 Å². The summed E-state index contributed by atoms with van der Waals surface area (Å²) in [5.74, 6) is 0.911. The average Bonchev–Trinajstić information content (AvgIpc) is 3.40. The number of amides is 1. The number of nitrogens with zero attached hydrogens (tertiary/aromatic N) is 2. The molecule has 0 radical (unpaired) electrons. The highest BCUT2D eigenvalue weighted by Gasteiger charge is 2.35. The van der Waals surface area contributed by atoms with Crippen LogP contribution in [-0.2, 0) is 4.79 Å². The zero-order valence-electron chi connectivity index (χ0n) is 19.2. The van der Waals surface area contributed by atoms with Gasteiger partial charge in [-0.3, -0.25) is 4.79 Å². The molecular weight excluding hydrogens is 445 g/mol. The van der Waals surface area contributed by atoms with Crippen molar-refractivity contribution < 1.29 is 22.7 Å². The lowest BCUT2D eigenvalue weighted by molar-refractivity contribution is -0.274. The van der Waals surface area contributed by atoms with Crippen molar-refractivity contribution in [2.75, 3.05) is 20.1 Å². The molecule has 1 aromatic heterocycles. The van der Waals surface area contributed by atoms with Crippen LogP contribution in [0.1, 0.15) is 30.8 Å². The van der Waals surface area contributed by atoms with Gasteiger partial charge in [0, 0.05) is 12.1 Å². The maximum atomic E-state index is 12.9. The second-order valence-corrected chi connectivity index (χ2v) is 8.74. The van der Waals surface area contributed by atoms with Gasteiger partial charge in [-0.05, 0) is 49.1 Å². The molecule has 0 aliphatic carbocycles. The number of H-pyrrole nitrogens is 1. The highest BCUT2D eigenvalue weighted by molar-refractivity contribution is 5.79. The molecule has 1 aliphatic heterocycles. The van der Waals surface area contributed by atoms with Gasteiger partial charge in [0.2, 0.25) is 5.91 Å². The third-order valence-electron chi connectivity index (χ3n) is 5.94. The molecule has 180 valence electrons. The van der Waals surface area contributed by atoms with Crippen LogP contribution in [0, 0.1) is 12.8 Å². The number of likely N-dealkylation sites (tertiary alicyclic amines) is 1. The van der Waals surface area contributed by atoms with E-state index in [1.807, 2.05) is 17.0 Å². The molecule has 6 nitrogen and oxygen atoms in total. The molecular formula is C25H27F3N4O2. The van der Waals surface area contributed by atoms with E-state index in [-0.39, 0.29) is 24.2 Å². The fourth-order valence-electron chi connectivity index (χ4n) is 4.39. The smallest absolute Gasteiger partial charge is 0.405 e. The Morgan fingerprint density at radius 2 is 1.91 bits per heavy atom. The fourth-order valence-corrected chi connectivity index (χ4v) is 4.39. The van der Waals surface area contributed by atoms with Crippen molar-refractivity contribution in [2.24, 2.45) is 5.92 Å². The third kappa shape index (κ3) is 5.25. The van der Waals surface area contributed by atoms with Crippen molar-refractivity contribution in [3.05, 3.63) is 60.0 Å². The van der Waals surface area contributed by atoms with Gasteiger partial charge in [0.15, 0.2) is 0 Å². The van der Waals surface area contributed by atoms with E-state index in [4.69, 9.17) is 0 Å². The number of benzene rings is 2. The number of aromatic nitrogens is 2. The number of rotatable bonds is 6. The van der Waals surface area contributed by atoms with Gasteiger partial charge in [-0.2, -0.15) is 0 Å². The van der Waals surface area contributed by atoms with Gasteiger partial charge in [-0.25, -0.2) is 4.98 Å². The first kappa shape index (κ1) is 23.8. The maximum Gasteiger partial charge on any atom is 0.573 e. The zero-order valence-corrected chi connectivity index (χ0v) is 19.2. The van der Waals surface area contributed by atoms with Gasteiger partial charge in [-0.1, -0.05) is 43.3 Å². The van der Waals surface area contributed by atoms with Crippen LogP contribution >= 0.6 is 0 Å². The SMILES string of the molecule is CNCC(=O)N1CC(C)C[C@H]1c1ncc(-c2ccc(-c3ccc(C)cc3OC(F)(F)F)cc2)[nH]1. The summed E-state index contributed by atoms with van der Waals surface area (Å²) in [6.07, 6.45) is -2.22. The first-order valence-electron chi connectivity index (χ1n) is 11.1. The van der Waals surface area contributed by atoms with Crippen LogP contribution in [0.25, 0.3) is 22.4 Å². The van der Waals surface area contributed by atoms with Gasteiger partial charge in [0.25, 0.3) is 0 Å². The molecule has 3 aromatic rings. The van der Waals surface area contributed by atoms with Gasteiger partial charge in [0.05, 0.1) is 24.5 Å². The minimum Gasteiger partial charge on any atom is -0.405 e. The molecule has 2 aromatic carbocycles. The van der Waals surface area contributed by atoms with Gasteiger partial charge < -0.3 is 19.9 Å². The lowest BCUT2D eigenvalue weighted by Crippen LogP contribution is -2.37. The predicted molar refractivity (Wildman–Crippen MR) is 123 cm³/mol. The van der Waals surface area contributed by atoms with Crippen molar-refractivity contribution in [3.63, 3.8) is 0 Å². The second-order valence-electron chi connectivity index (χ2n) is 8.74. The van der Waals surface area contributed by atoms with Gasteiger partial charge in [0.1, 0.15) is 11.6 Å². The van der Waals surface area contributed by atoms with E-state index in [1.165, 1.54) is 6.07 Å². The topological polar surface area (TPSA) is 70.2 Å². The standard InChI is InChI=1S/C25H27F3N4O2/c1-15-4-9-19(22(11-15)34-25(26,27)28)17-5-7-18(8-6-17)20-12-30-24(31-20)21-10-16(2)14-32(21)23(33)13-29-3/h4-9,11-12,16,21,29H,10,13-14H2,1-3H3,(H,30,31)/t16?,21-/m0/s1. The van der Waals surface area contributed by atoms with E-state index >= 15 is 0 Å². The number of halogens is 3. The quantitative estimate of drug-likeness (QED) is 0.525. The van der Waals surface area contributed by atoms with E-state index in [0.29, 0.717) is 29.2 Å². The van der Waals surface area contributed by atoms with Crippen molar-refractivity contribution >= 4 is 5.91 Å². The molecule has 0 spiro atoms. The lowest BCUT2D eigenvalue weighted by atomic mass is 10.0. The van der Waals surface area contributed by atoms with Crippen LogP contribution < -0.4 is 10.1 Å². The molecule has 1 amide bonds. The minimum absolute atomic E-state index is 0.0362. The average molecular weight is 473 g/mol. The molecule has 4 rings (SSSR count). The Morgan fingerprint density at radius 3 is 2.59 bits per heavy atom. The summed E-state index contributed by atoms with van der Waals surface area (Å²) < 4.78 is 42.8. The third-order valence-corrected chi connectivity index (χ3v) is 5.94. The van der Waals surface area contributed by atoms with Crippen LogP contribution in [0.5, 0.6) is 5.75 Å². The van der Waals surface area contributed by atoms with Crippen molar-refractivity contribution in [1.29, 1.82) is 0 Å². The second kappa shape index (κ2) is 9.50. The predicted octanol–water partition coefficient (Wildman–Crippen LogP) is 5.08. The Hall–Kier alpha value is -3.33. The number of likely N-dealkylation sites (N-methyl/N-ethyl adjacent to an activating group) is 1. The molecule has 34 heavy (non-hydrogen) atoms. The number of hydrogen-bond donors (Lipinski definition) is 2. The molecule has 2 N–H and O–H groups in total. The normalized spacial score (nSPS) is 18.4. The number of carbonyl (C=O) groups is 1. The molecule has 9 heteroatoms. The van der Waals surface area contributed by atoms with Crippen molar-refractivity contribution in [1.82, 2.24) is 20.2 Å². The summed E-state index contributed by atoms with van der Waals surface area (Å²) in [6.45, 7) is 4.79. The molecule has 1 aliphatic rings. The lowest BCUT2D eigenvalue weighted by Gasteiger charge is -2.23. The number of alkyl halides is 3. The van der Waals surface area contributed by atoms with E-state index < -0.39 is 6.36 Å². The molecule has 0 saturated carbocycles. The Labute approximate surface area is 196 Å². The Kier molecular flexibility index (Phi) is 6.65. The summed E-state index contributed by atoms with van der Waals surface area (Å²) in [5.41, 5.74) is 3.26.